The van der Waals surface area contributed by atoms with Gasteiger partial charge in [-0.2, -0.15) is 0 Å². The molecule has 2 aromatic rings. The van der Waals surface area contributed by atoms with Crippen molar-refractivity contribution in [3.05, 3.63) is 57.6 Å². The minimum Gasteiger partial charge on any atom is -0.374 e. The standard InChI is InChI=1S/C18H18Cl2N2O/c1-11(18(23)22-17-10-14(19)6-8-16(17)20)21-15-7-5-12-3-2-4-13(12)9-15/h5-11,21H,2-4H2,1H3,(H,22,23)/t11-/m1/s1. The molecule has 0 fully saturated rings. The van der Waals surface area contributed by atoms with E-state index in [2.05, 4.69) is 22.8 Å². The lowest BCUT2D eigenvalue weighted by atomic mass is 10.1. The Morgan fingerprint density at radius 2 is 1.87 bits per heavy atom. The predicted octanol–water partition coefficient (Wildman–Crippen LogP) is 4.92. The molecule has 0 bridgehead atoms. The molecule has 3 rings (SSSR count). The Morgan fingerprint density at radius 1 is 1.09 bits per heavy atom. The molecular formula is C18H18Cl2N2O. The third-order valence-electron chi connectivity index (χ3n) is 4.06. The van der Waals surface area contributed by atoms with Crippen molar-refractivity contribution in [3.63, 3.8) is 0 Å². The lowest BCUT2D eigenvalue weighted by Gasteiger charge is -2.17. The van der Waals surface area contributed by atoms with E-state index in [1.165, 1.54) is 17.5 Å². The quantitative estimate of drug-likeness (QED) is 0.823. The summed E-state index contributed by atoms with van der Waals surface area (Å²) in [6.45, 7) is 1.82. The molecule has 2 aromatic carbocycles. The average molecular weight is 349 g/mol. The number of hydrogen-bond acceptors (Lipinski definition) is 2. The molecule has 0 heterocycles. The smallest absolute Gasteiger partial charge is 0.246 e. The number of rotatable bonds is 4. The SMILES string of the molecule is C[C@@H](Nc1ccc2c(c1)CCC2)C(=O)Nc1cc(Cl)ccc1Cl. The molecule has 0 spiro atoms. The van der Waals surface area contributed by atoms with Crippen molar-refractivity contribution >= 4 is 40.5 Å². The maximum Gasteiger partial charge on any atom is 0.246 e. The molecule has 1 atom stereocenters. The first-order chi connectivity index (χ1) is 11.0. The Labute approximate surface area is 146 Å². The number of benzene rings is 2. The van der Waals surface area contributed by atoms with Gasteiger partial charge >= 0.3 is 0 Å². The highest BCUT2D eigenvalue weighted by Crippen LogP contribution is 2.27. The molecule has 3 nitrogen and oxygen atoms in total. The van der Waals surface area contributed by atoms with Crippen LogP contribution >= 0.6 is 23.2 Å². The summed E-state index contributed by atoms with van der Waals surface area (Å²) in [6.07, 6.45) is 3.48. The summed E-state index contributed by atoms with van der Waals surface area (Å²) >= 11 is 12.0. The highest BCUT2D eigenvalue weighted by Gasteiger charge is 2.16. The molecule has 5 heteroatoms. The van der Waals surface area contributed by atoms with Gasteiger partial charge in [0.05, 0.1) is 10.7 Å². The number of fused-ring (bicyclic) bond motifs is 1. The number of anilines is 2. The minimum absolute atomic E-state index is 0.158. The second kappa shape index (κ2) is 6.81. The summed E-state index contributed by atoms with van der Waals surface area (Å²) in [7, 11) is 0. The van der Waals surface area contributed by atoms with E-state index >= 15 is 0 Å². The van der Waals surface area contributed by atoms with Crippen LogP contribution in [-0.4, -0.2) is 11.9 Å². The van der Waals surface area contributed by atoms with Gasteiger partial charge in [-0.3, -0.25) is 4.79 Å². The lowest BCUT2D eigenvalue weighted by Crippen LogP contribution is -2.32. The van der Waals surface area contributed by atoms with Crippen molar-refractivity contribution in [2.45, 2.75) is 32.2 Å². The van der Waals surface area contributed by atoms with Crippen LogP contribution in [0.3, 0.4) is 0 Å². The van der Waals surface area contributed by atoms with Crippen molar-refractivity contribution in [2.75, 3.05) is 10.6 Å². The normalized spacial score (nSPS) is 14.2. The monoisotopic (exact) mass is 348 g/mol. The molecule has 0 unspecified atom stereocenters. The fourth-order valence-corrected chi connectivity index (χ4v) is 3.15. The Morgan fingerprint density at radius 3 is 2.70 bits per heavy atom. The van der Waals surface area contributed by atoms with E-state index in [1.54, 1.807) is 18.2 Å². The fraction of sp³-hybridized carbons (Fsp3) is 0.278. The van der Waals surface area contributed by atoms with Crippen LogP contribution in [0.15, 0.2) is 36.4 Å². The first kappa shape index (κ1) is 16.2. The molecule has 0 aromatic heterocycles. The molecule has 1 aliphatic carbocycles. The van der Waals surface area contributed by atoms with Gasteiger partial charge in [-0.1, -0.05) is 29.3 Å². The minimum atomic E-state index is -0.385. The van der Waals surface area contributed by atoms with Crippen molar-refractivity contribution in [3.8, 4) is 0 Å². The number of carbonyl (C=O) groups is 1. The van der Waals surface area contributed by atoms with Crippen LogP contribution in [0.2, 0.25) is 10.0 Å². The first-order valence-electron chi connectivity index (χ1n) is 7.67. The van der Waals surface area contributed by atoms with E-state index in [4.69, 9.17) is 23.2 Å². The fourth-order valence-electron chi connectivity index (χ4n) is 2.81. The molecule has 0 aliphatic heterocycles. The molecule has 0 saturated heterocycles. The summed E-state index contributed by atoms with van der Waals surface area (Å²) in [6, 6.07) is 10.9. The number of halogens is 2. The van der Waals surface area contributed by atoms with Gasteiger partial charge in [-0.05, 0) is 67.6 Å². The van der Waals surface area contributed by atoms with Gasteiger partial charge in [0.2, 0.25) is 5.91 Å². The zero-order valence-electron chi connectivity index (χ0n) is 12.8. The van der Waals surface area contributed by atoms with Crippen molar-refractivity contribution in [1.82, 2.24) is 0 Å². The summed E-state index contributed by atoms with van der Waals surface area (Å²) in [5, 5.41) is 7.04. The summed E-state index contributed by atoms with van der Waals surface area (Å²) in [5.74, 6) is -0.158. The van der Waals surface area contributed by atoms with Gasteiger partial charge < -0.3 is 10.6 Å². The van der Waals surface area contributed by atoms with Crippen LogP contribution in [0, 0.1) is 0 Å². The molecule has 2 N–H and O–H groups in total. The maximum atomic E-state index is 12.3. The van der Waals surface area contributed by atoms with Gasteiger partial charge in [0.25, 0.3) is 0 Å². The number of aryl methyl sites for hydroxylation is 2. The third kappa shape index (κ3) is 3.80. The first-order valence-corrected chi connectivity index (χ1v) is 8.43. The second-order valence-corrected chi connectivity index (χ2v) is 6.66. The van der Waals surface area contributed by atoms with E-state index in [9.17, 15) is 4.79 Å². The van der Waals surface area contributed by atoms with Crippen LogP contribution in [-0.2, 0) is 17.6 Å². The predicted molar refractivity (Wildman–Crippen MR) is 96.6 cm³/mol. The number of nitrogens with one attached hydrogen (secondary N) is 2. The number of amides is 1. The summed E-state index contributed by atoms with van der Waals surface area (Å²) < 4.78 is 0. The van der Waals surface area contributed by atoms with Crippen molar-refractivity contribution in [2.24, 2.45) is 0 Å². The highest BCUT2D eigenvalue weighted by molar-refractivity contribution is 6.35. The average Bonchev–Trinajstić information content (AvgIpc) is 2.98. The van der Waals surface area contributed by atoms with Gasteiger partial charge in [0, 0.05) is 10.7 Å². The summed E-state index contributed by atoms with van der Waals surface area (Å²) in [4.78, 5) is 12.3. The number of hydrogen-bond donors (Lipinski definition) is 2. The van der Waals surface area contributed by atoms with E-state index in [0.717, 1.165) is 18.5 Å². The van der Waals surface area contributed by atoms with Crippen LogP contribution in [0.25, 0.3) is 0 Å². The zero-order chi connectivity index (χ0) is 16.4. The molecule has 0 saturated carbocycles. The molecule has 0 radical (unpaired) electrons. The van der Waals surface area contributed by atoms with E-state index < -0.39 is 0 Å². The van der Waals surface area contributed by atoms with Crippen LogP contribution in [0.1, 0.15) is 24.5 Å². The Kier molecular flexibility index (Phi) is 4.79. The third-order valence-corrected chi connectivity index (χ3v) is 4.63. The maximum absolute atomic E-state index is 12.3. The lowest BCUT2D eigenvalue weighted by molar-refractivity contribution is -0.116. The topological polar surface area (TPSA) is 41.1 Å². The Hall–Kier alpha value is -1.71. The van der Waals surface area contributed by atoms with Crippen molar-refractivity contribution < 1.29 is 4.79 Å². The molecular weight excluding hydrogens is 331 g/mol. The molecule has 1 amide bonds. The van der Waals surface area contributed by atoms with Gasteiger partial charge in [-0.15, -0.1) is 0 Å². The molecule has 120 valence electrons. The summed E-state index contributed by atoms with van der Waals surface area (Å²) in [5.41, 5.74) is 4.27. The van der Waals surface area contributed by atoms with Crippen LogP contribution < -0.4 is 10.6 Å². The molecule has 1 aliphatic rings. The Bertz CT molecular complexity index is 746. The largest absolute Gasteiger partial charge is 0.374 e. The Balaban J connectivity index is 1.67. The molecule has 23 heavy (non-hydrogen) atoms. The second-order valence-electron chi connectivity index (χ2n) is 5.82. The van der Waals surface area contributed by atoms with E-state index in [-0.39, 0.29) is 11.9 Å². The van der Waals surface area contributed by atoms with E-state index in [1.807, 2.05) is 13.0 Å². The van der Waals surface area contributed by atoms with Crippen LogP contribution in [0.4, 0.5) is 11.4 Å². The van der Waals surface area contributed by atoms with Gasteiger partial charge in [0.1, 0.15) is 6.04 Å². The zero-order valence-corrected chi connectivity index (χ0v) is 14.3. The van der Waals surface area contributed by atoms with Crippen LogP contribution in [0.5, 0.6) is 0 Å². The van der Waals surface area contributed by atoms with Crippen molar-refractivity contribution in [1.29, 1.82) is 0 Å². The van der Waals surface area contributed by atoms with E-state index in [0.29, 0.717) is 15.7 Å². The highest BCUT2D eigenvalue weighted by atomic mass is 35.5. The van der Waals surface area contributed by atoms with Gasteiger partial charge in [-0.25, -0.2) is 0 Å². The van der Waals surface area contributed by atoms with Gasteiger partial charge in [0.15, 0.2) is 0 Å². The number of carbonyl (C=O) groups excluding carboxylic acids is 1.